The van der Waals surface area contributed by atoms with E-state index in [1.54, 1.807) is 30.5 Å². The number of nitrogens with one attached hydrogen (secondary N) is 1. The number of nitrogens with zero attached hydrogens (tertiary/aromatic N) is 1. The van der Waals surface area contributed by atoms with Gasteiger partial charge < -0.3 is 10.1 Å². The van der Waals surface area contributed by atoms with Gasteiger partial charge in [0.15, 0.2) is 0 Å². The van der Waals surface area contributed by atoms with Crippen molar-refractivity contribution < 1.29 is 9.53 Å². The van der Waals surface area contributed by atoms with Gasteiger partial charge in [-0.15, -0.1) is 0 Å². The molecule has 4 nitrogen and oxygen atoms in total. The fourth-order valence-electron chi connectivity index (χ4n) is 2.29. The minimum Gasteiger partial charge on any atom is -0.496 e. The molecule has 2 aromatic carbocycles. The summed E-state index contributed by atoms with van der Waals surface area (Å²) in [6.07, 6.45) is 1.68. The third-order valence-electron chi connectivity index (χ3n) is 3.37. The first kappa shape index (κ1) is 15.8. The number of amides is 1. The van der Waals surface area contributed by atoms with Crippen LogP contribution >= 0.6 is 27.5 Å². The summed E-state index contributed by atoms with van der Waals surface area (Å²) >= 11 is 9.47. The summed E-state index contributed by atoms with van der Waals surface area (Å²) in [6.45, 7) is 0. The second-order valence-electron chi connectivity index (χ2n) is 4.79. The van der Waals surface area contributed by atoms with Crippen LogP contribution in [-0.4, -0.2) is 18.0 Å². The van der Waals surface area contributed by atoms with Crippen LogP contribution in [0.15, 0.2) is 53.1 Å². The Bertz CT molecular complexity index is 899. The standard InChI is InChI=1S/C17H12BrClN2O2/c1-23-15-7-4-10(19)9-12(15)17(22)21-14-6-5-13(18)11-3-2-8-20-16(11)14/h2-9H,1H3,(H,21,22). The molecular weight excluding hydrogens is 380 g/mol. The first-order chi connectivity index (χ1) is 11.1. The van der Waals surface area contributed by atoms with E-state index in [4.69, 9.17) is 16.3 Å². The van der Waals surface area contributed by atoms with E-state index in [2.05, 4.69) is 26.2 Å². The third kappa shape index (κ3) is 3.16. The second kappa shape index (κ2) is 6.56. The molecule has 1 heterocycles. The van der Waals surface area contributed by atoms with Crippen LogP contribution < -0.4 is 10.1 Å². The van der Waals surface area contributed by atoms with Gasteiger partial charge in [-0.1, -0.05) is 33.6 Å². The highest BCUT2D eigenvalue weighted by molar-refractivity contribution is 9.10. The summed E-state index contributed by atoms with van der Waals surface area (Å²) in [6, 6.07) is 12.4. The molecule has 6 heteroatoms. The molecule has 0 aliphatic rings. The van der Waals surface area contributed by atoms with Gasteiger partial charge in [0, 0.05) is 21.1 Å². The molecule has 0 spiro atoms. The molecule has 0 saturated carbocycles. The minimum absolute atomic E-state index is 0.307. The maximum absolute atomic E-state index is 12.6. The van der Waals surface area contributed by atoms with Crippen molar-refractivity contribution in [3.05, 3.63) is 63.7 Å². The molecule has 0 fully saturated rings. The lowest BCUT2D eigenvalue weighted by Gasteiger charge is -2.11. The molecular formula is C17H12BrClN2O2. The summed E-state index contributed by atoms with van der Waals surface area (Å²) in [5.74, 6) is 0.153. The zero-order chi connectivity index (χ0) is 16.4. The van der Waals surface area contributed by atoms with Gasteiger partial charge in [-0.2, -0.15) is 0 Å². The molecule has 1 N–H and O–H groups in total. The van der Waals surface area contributed by atoms with Gasteiger partial charge in [-0.05, 0) is 36.4 Å². The van der Waals surface area contributed by atoms with Gasteiger partial charge in [-0.3, -0.25) is 9.78 Å². The Morgan fingerprint density at radius 2 is 2.09 bits per heavy atom. The molecule has 1 aromatic heterocycles. The molecule has 0 atom stereocenters. The van der Waals surface area contributed by atoms with E-state index >= 15 is 0 Å². The maximum atomic E-state index is 12.6. The zero-order valence-corrected chi connectivity index (χ0v) is 14.5. The van der Waals surface area contributed by atoms with Crippen LogP contribution in [0.25, 0.3) is 10.9 Å². The van der Waals surface area contributed by atoms with E-state index in [9.17, 15) is 4.79 Å². The summed E-state index contributed by atoms with van der Waals surface area (Å²) < 4.78 is 6.14. The lowest BCUT2D eigenvalue weighted by Crippen LogP contribution is -2.13. The Morgan fingerprint density at radius 1 is 1.26 bits per heavy atom. The number of halogens is 2. The molecule has 0 saturated heterocycles. The van der Waals surface area contributed by atoms with Crippen molar-refractivity contribution in [2.75, 3.05) is 12.4 Å². The first-order valence-corrected chi connectivity index (χ1v) is 7.95. The highest BCUT2D eigenvalue weighted by Crippen LogP contribution is 2.30. The van der Waals surface area contributed by atoms with E-state index in [1.807, 2.05) is 18.2 Å². The van der Waals surface area contributed by atoms with Crippen LogP contribution in [-0.2, 0) is 0 Å². The van der Waals surface area contributed by atoms with Crippen LogP contribution in [0.1, 0.15) is 10.4 Å². The lowest BCUT2D eigenvalue weighted by atomic mass is 10.1. The van der Waals surface area contributed by atoms with Gasteiger partial charge in [0.2, 0.25) is 0 Å². The molecule has 116 valence electrons. The van der Waals surface area contributed by atoms with E-state index in [1.165, 1.54) is 7.11 Å². The van der Waals surface area contributed by atoms with Gasteiger partial charge in [0.25, 0.3) is 5.91 Å². The van der Waals surface area contributed by atoms with Gasteiger partial charge in [-0.25, -0.2) is 0 Å². The average molecular weight is 392 g/mol. The number of pyridine rings is 1. The number of rotatable bonds is 3. The van der Waals surface area contributed by atoms with Crippen LogP contribution in [0.5, 0.6) is 5.75 Å². The fraction of sp³-hybridized carbons (Fsp3) is 0.0588. The van der Waals surface area contributed by atoms with Crippen molar-refractivity contribution in [3.63, 3.8) is 0 Å². The van der Waals surface area contributed by atoms with Crippen molar-refractivity contribution in [2.45, 2.75) is 0 Å². The van der Waals surface area contributed by atoms with Gasteiger partial charge in [0.1, 0.15) is 5.75 Å². The largest absolute Gasteiger partial charge is 0.496 e. The number of aromatic nitrogens is 1. The first-order valence-electron chi connectivity index (χ1n) is 6.78. The Balaban J connectivity index is 2.01. The van der Waals surface area contributed by atoms with Gasteiger partial charge >= 0.3 is 0 Å². The van der Waals surface area contributed by atoms with Crippen molar-refractivity contribution >= 4 is 50.0 Å². The third-order valence-corrected chi connectivity index (χ3v) is 4.30. The van der Waals surface area contributed by atoms with E-state index in [0.29, 0.717) is 27.5 Å². The Labute approximate surface area is 146 Å². The van der Waals surface area contributed by atoms with Crippen LogP contribution in [0, 0.1) is 0 Å². The number of carbonyl (C=O) groups excluding carboxylic acids is 1. The Kier molecular flexibility index (Phi) is 4.50. The molecule has 3 rings (SSSR count). The summed E-state index contributed by atoms with van der Waals surface area (Å²) in [4.78, 5) is 16.9. The highest BCUT2D eigenvalue weighted by atomic mass is 79.9. The predicted molar refractivity (Wildman–Crippen MR) is 95.4 cm³/mol. The molecule has 23 heavy (non-hydrogen) atoms. The van der Waals surface area contributed by atoms with Crippen LogP contribution in [0.4, 0.5) is 5.69 Å². The normalized spacial score (nSPS) is 10.6. The van der Waals surface area contributed by atoms with Crippen molar-refractivity contribution in [1.29, 1.82) is 0 Å². The van der Waals surface area contributed by atoms with Gasteiger partial charge in [0.05, 0.1) is 23.9 Å². The maximum Gasteiger partial charge on any atom is 0.259 e. The zero-order valence-electron chi connectivity index (χ0n) is 12.1. The quantitative estimate of drug-likeness (QED) is 0.690. The molecule has 1 amide bonds. The number of carbonyl (C=O) groups is 1. The second-order valence-corrected chi connectivity index (χ2v) is 6.08. The Hall–Kier alpha value is -2.11. The topological polar surface area (TPSA) is 51.2 Å². The molecule has 0 aliphatic carbocycles. The number of benzene rings is 2. The molecule has 3 aromatic rings. The number of methoxy groups -OCH3 is 1. The molecule has 0 unspecified atom stereocenters. The minimum atomic E-state index is -0.307. The van der Waals surface area contributed by atoms with Crippen molar-refractivity contribution in [1.82, 2.24) is 4.98 Å². The lowest BCUT2D eigenvalue weighted by molar-refractivity contribution is 0.102. The van der Waals surface area contributed by atoms with E-state index in [-0.39, 0.29) is 5.91 Å². The van der Waals surface area contributed by atoms with Crippen LogP contribution in [0.2, 0.25) is 5.02 Å². The number of anilines is 1. The molecule has 0 bridgehead atoms. The SMILES string of the molecule is COc1ccc(Cl)cc1C(=O)Nc1ccc(Br)c2cccnc12. The fourth-order valence-corrected chi connectivity index (χ4v) is 2.91. The summed E-state index contributed by atoms with van der Waals surface area (Å²) in [5.41, 5.74) is 1.69. The Morgan fingerprint density at radius 3 is 2.87 bits per heavy atom. The number of hydrogen-bond donors (Lipinski definition) is 1. The monoisotopic (exact) mass is 390 g/mol. The summed E-state index contributed by atoms with van der Waals surface area (Å²) in [7, 11) is 1.51. The van der Waals surface area contributed by atoms with E-state index < -0.39 is 0 Å². The van der Waals surface area contributed by atoms with E-state index in [0.717, 1.165) is 9.86 Å². The van der Waals surface area contributed by atoms with Crippen LogP contribution in [0.3, 0.4) is 0 Å². The highest BCUT2D eigenvalue weighted by Gasteiger charge is 2.15. The predicted octanol–water partition coefficient (Wildman–Crippen LogP) is 4.91. The number of ether oxygens (including phenoxy) is 1. The number of hydrogen-bond acceptors (Lipinski definition) is 3. The molecule has 0 aliphatic heterocycles. The van der Waals surface area contributed by atoms with Crippen molar-refractivity contribution in [2.24, 2.45) is 0 Å². The number of fused-ring (bicyclic) bond motifs is 1. The van der Waals surface area contributed by atoms with Crippen molar-refractivity contribution in [3.8, 4) is 5.75 Å². The molecule has 0 radical (unpaired) electrons. The summed E-state index contributed by atoms with van der Waals surface area (Å²) in [5, 5.41) is 4.26. The average Bonchev–Trinajstić information content (AvgIpc) is 2.57. The smallest absolute Gasteiger partial charge is 0.259 e.